The summed E-state index contributed by atoms with van der Waals surface area (Å²) >= 11 is 7.70. The number of carbonyl (C=O) groups is 1. The lowest BCUT2D eigenvalue weighted by atomic mass is 9.92. The molecule has 0 unspecified atom stereocenters. The zero-order chi connectivity index (χ0) is 37.7. The molecule has 1 amide bonds. The van der Waals surface area contributed by atoms with Crippen molar-refractivity contribution in [2.24, 2.45) is 0 Å². The summed E-state index contributed by atoms with van der Waals surface area (Å²) in [5.41, 5.74) is 5.94. The van der Waals surface area contributed by atoms with Gasteiger partial charge in [-0.05, 0) is 96.1 Å². The minimum atomic E-state index is -4.39. The third kappa shape index (κ3) is 8.90. The predicted octanol–water partition coefficient (Wildman–Crippen LogP) is 7.80. The molecule has 0 aliphatic carbocycles. The average Bonchev–Trinajstić information content (AvgIpc) is 3.18. The van der Waals surface area contributed by atoms with Gasteiger partial charge in [0, 0.05) is 71.8 Å². The molecule has 1 atom stereocenters. The maximum Gasteiger partial charge on any atom is 0.293 e. The van der Waals surface area contributed by atoms with Crippen LogP contribution in [0.4, 0.5) is 17.1 Å². The Morgan fingerprint density at radius 2 is 1.67 bits per heavy atom. The summed E-state index contributed by atoms with van der Waals surface area (Å²) in [6.07, 6.45) is 2.52. The van der Waals surface area contributed by atoms with E-state index in [9.17, 15) is 23.3 Å². The van der Waals surface area contributed by atoms with Crippen LogP contribution in [0, 0.1) is 10.1 Å². The molecule has 0 saturated carbocycles. The molecule has 7 rings (SSSR count). The zero-order valence-electron chi connectivity index (χ0n) is 29.5. The molecule has 10 nitrogen and oxygen atoms in total. The molecule has 0 aromatic heterocycles. The lowest BCUT2D eigenvalue weighted by molar-refractivity contribution is -0.384. The first-order valence-electron chi connectivity index (χ1n) is 17.8. The quantitative estimate of drug-likeness (QED) is 0.0533. The topological polar surface area (TPSA) is 125 Å². The smallest absolute Gasteiger partial charge is 0.293 e. The summed E-state index contributed by atoms with van der Waals surface area (Å²) in [6, 6.07) is 35.6. The molecule has 2 aliphatic heterocycles. The predicted molar refractivity (Wildman–Crippen MR) is 215 cm³/mol. The number of rotatable bonds is 13. The Hall–Kier alpha value is -4.88. The fourth-order valence-corrected chi connectivity index (χ4v) is 9.10. The summed E-state index contributed by atoms with van der Waals surface area (Å²) in [6.45, 7) is 3.94. The largest absolute Gasteiger partial charge is 0.379 e. The molecule has 0 radical (unpaired) electrons. The lowest BCUT2D eigenvalue weighted by Gasteiger charge is -2.46. The molecule has 54 heavy (non-hydrogen) atoms. The number of nitro benzene ring substituents is 1. The van der Waals surface area contributed by atoms with Crippen LogP contribution in [0.25, 0.3) is 0 Å². The van der Waals surface area contributed by atoms with Crippen molar-refractivity contribution in [3.05, 3.63) is 158 Å². The van der Waals surface area contributed by atoms with Crippen LogP contribution in [0.2, 0.25) is 5.02 Å². The number of halogens is 1. The number of piperazine rings is 1. The number of thioether (sulfide) groups is 1. The molecule has 1 saturated heterocycles. The van der Waals surface area contributed by atoms with Gasteiger partial charge in [-0.25, -0.2) is 13.1 Å². The van der Waals surface area contributed by atoms with Gasteiger partial charge in [-0.1, -0.05) is 66.2 Å². The fourth-order valence-electron chi connectivity index (χ4n) is 7.19. The molecule has 5 aromatic rings. The van der Waals surface area contributed by atoms with Gasteiger partial charge in [-0.3, -0.25) is 19.8 Å². The number of anilines is 2. The Balaban J connectivity index is 0.965. The Bertz CT molecular complexity index is 2260. The number of amides is 1. The highest BCUT2D eigenvalue weighted by Crippen LogP contribution is 2.34. The second-order valence-corrected chi connectivity index (χ2v) is 16.8. The van der Waals surface area contributed by atoms with Gasteiger partial charge in [0.2, 0.25) is 0 Å². The molecule has 13 heteroatoms. The fraction of sp³-hybridized carbons (Fsp3) is 0.244. The molecular weight excluding hydrogens is 742 g/mol. The van der Waals surface area contributed by atoms with Crippen LogP contribution in [0.15, 0.2) is 125 Å². The highest BCUT2D eigenvalue weighted by atomic mass is 35.5. The molecule has 0 bridgehead atoms. The summed E-state index contributed by atoms with van der Waals surface area (Å²) in [5, 5.41) is 15.6. The van der Waals surface area contributed by atoms with Gasteiger partial charge in [-0.2, -0.15) is 0 Å². The van der Waals surface area contributed by atoms with E-state index in [2.05, 4.69) is 56.2 Å². The van der Waals surface area contributed by atoms with Crippen molar-refractivity contribution in [3.63, 3.8) is 0 Å². The number of nitro groups is 1. The van der Waals surface area contributed by atoms with Gasteiger partial charge in [0.05, 0.1) is 9.82 Å². The SMILES string of the molecule is O=C(NS(=O)(=O)c1ccc(NCCSc2ccccc2)c([N+](=O)[O-])c1)c1ccc2c(c1)CC[C@H]1CN(Cc3ccccc3Cc3ccc(Cl)cc3)CCN21. The summed E-state index contributed by atoms with van der Waals surface area (Å²) in [4.78, 5) is 30.2. The van der Waals surface area contributed by atoms with Gasteiger partial charge in [0.1, 0.15) is 5.69 Å². The van der Waals surface area contributed by atoms with E-state index in [1.165, 1.54) is 28.8 Å². The molecule has 2 N–H and O–H groups in total. The molecular formula is C41H40ClN5O5S2. The first-order chi connectivity index (χ1) is 26.1. The average molecular weight is 782 g/mol. The van der Waals surface area contributed by atoms with Crippen molar-refractivity contribution in [3.8, 4) is 0 Å². The molecule has 2 aliphatic rings. The summed E-state index contributed by atoms with van der Waals surface area (Å²) in [5.74, 6) is -0.138. The third-order valence-electron chi connectivity index (χ3n) is 9.92. The number of nitrogens with zero attached hydrogens (tertiary/aromatic N) is 3. The van der Waals surface area contributed by atoms with Crippen LogP contribution in [0.3, 0.4) is 0 Å². The standard InChI is InChI=1S/C41H40ClN5O5S2/c42-34-14-10-29(11-15-34)24-30-6-4-5-7-33(30)27-45-21-22-46-35(28-45)16-12-31-25-32(13-19-39(31)46)41(48)44-54(51,52)37-17-18-38(40(26-37)47(49)50)43-20-23-53-36-8-2-1-3-9-36/h1-11,13-15,17-19,25-26,35,43H,12,16,20-24,27-28H2,(H,44,48)/t35-/m0/s1. The van der Waals surface area contributed by atoms with Crippen LogP contribution in [-0.2, 0) is 29.4 Å². The van der Waals surface area contributed by atoms with Crippen molar-refractivity contribution < 1.29 is 18.1 Å². The Labute approximate surface area is 324 Å². The van der Waals surface area contributed by atoms with E-state index in [0.29, 0.717) is 18.3 Å². The molecule has 0 spiro atoms. The minimum absolute atomic E-state index is 0.201. The van der Waals surface area contributed by atoms with Crippen LogP contribution < -0.4 is 14.9 Å². The summed E-state index contributed by atoms with van der Waals surface area (Å²) < 4.78 is 28.7. The lowest BCUT2D eigenvalue weighted by Crippen LogP contribution is -2.54. The molecule has 5 aromatic carbocycles. The maximum absolute atomic E-state index is 13.3. The molecule has 2 heterocycles. The summed E-state index contributed by atoms with van der Waals surface area (Å²) in [7, 11) is -4.39. The zero-order valence-corrected chi connectivity index (χ0v) is 31.9. The maximum atomic E-state index is 13.3. The Morgan fingerprint density at radius 1 is 0.907 bits per heavy atom. The van der Waals surface area contributed by atoms with E-state index in [0.717, 1.165) is 72.7 Å². The van der Waals surface area contributed by atoms with Gasteiger partial charge in [0.25, 0.3) is 21.6 Å². The number of sulfonamides is 1. The number of nitrogens with one attached hydrogen (secondary N) is 2. The monoisotopic (exact) mass is 781 g/mol. The van der Waals surface area contributed by atoms with Crippen molar-refractivity contribution in [1.82, 2.24) is 9.62 Å². The van der Waals surface area contributed by atoms with Gasteiger partial charge in [0.15, 0.2) is 0 Å². The normalized spacial score (nSPS) is 15.6. The van der Waals surface area contributed by atoms with Crippen LogP contribution in [0.5, 0.6) is 0 Å². The number of hydrogen-bond acceptors (Lipinski definition) is 9. The van der Waals surface area contributed by atoms with Crippen molar-refractivity contribution >= 4 is 56.4 Å². The first-order valence-corrected chi connectivity index (χ1v) is 20.7. The Morgan fingerprint density at radius 3 is 2.44 bits per heavy atom. The van der Waals surface area contributed by atoms with Gasteiger partial charge >= 0.3 is 0 Å². The number of carbonyl (C=O) groups excluding carboxylic acids is 1. The van der Waals surface area contributed by atoms with E-state index in [4.69, 9.17) is 11.6 Å². The van der Waals surface area contributed by atoms with E-state index in [-0.39, 0.29) is 21.8 Å². The Kier molecular flexibility index (Phi) is 11.5. The highest BCUT2D eigenvalue weighted by Gasteiger charge is 2.32. The van der Waals surface area contributed by atoms with Crippen molar-refractivity contribution in [1.29, 1.82) is 0 Å². The third-order valence-corrected chi connectivity index (χ3v) is 12.5. The van der Waals surface area contributed by atoms with Crippen molar-refractivity contribution in [2.75, 3.05) is 42.1 Å². The number of fused-ring (bicyclic) bond motifs is 3. The van der Waals surface area contributed by atoms with Gasteiger partial charge in [-0.15, -0.1) is 11.8 Å². The van der Waals surface area contributed by atoms with Crippen LogP contribution >= 0.6 is 23.4 Å². The first kappa shape index (κ1) is 37.4. The second kappa shape index (κ2) is 16.6. The number of hydrogen-bond donors (Lipinski definition) is 2. The van der Waals surface area contributed by atoms with E-state index in [1.807, 2.05) is 48.5 Å². The number of benzene rings is 5. The highest BCUT2D eigenvalue weighted by molar-refractivity contribution is 7.99. The van der Waals surface area contributed by atoms with Crippen molar-refractivity contribution in [2.45, 2.75) is 41.6 Å². The number of aryl methyl sites for hydroxylation is 1. The van der Waals surface area contributed by atoms with Crippen LogP contribution in [-0.4, -0.2) is 62.1 Å². The van der Waals surface area contributed by atoms with E-state index < -0.39 is 20.9 Å². The van der Waals surface area contributed by atoms with E-state index >= 15 is 0 Å². The second-order valence-electron chi connectivity index (χ2n) is 13.5. The minimum Gasteiger partial charge on any atom is -0.379 e. The molecule has 278 valence electrons. The molecule has 1 fully saturated rings. The van der Waals surface area contributed by atoms with E-state index in [1.54, 1.807) is 23.9 Å². The van der Waals surface area contributed by atoms with Crippen LogP contribution in [0.1, 0.15) is 39.0 Å². The van der Waals surface area contributed by atoms with Gasteiger partial charge < -0.3 is 10.2 Å².